The van der Waals surface area contributed by atoms with Gasteiger partial charge in [0.1, 0.15) is 0 Å². The first-order chi connectivity index (χ1) is 35.0. The zero-order chi connectivity index (χ0) is 50.7. The van der Waals surface area contributed by atoms with Gasteiger partial charge in [-0.25, -0.2) is 0 Å². The van der Waals surface area contributed by atoms with Crippen LogP contribution in [-0.2, 0) is 24.4 Å². The monoisotopic (exact) mass is 1050 g/mol. The summed E-state index contributed by atoms with van der Waals surface area (Å²) < 4.78 is 0. The van der Waals surface area contributed by atoms with Crippen molar-refractivity contribution in [3.05, 3.63) is 195 Å². The molecule has 3 aromatic heterocycles. The maximum atomic E-state index is 12.8. The van der Waals surface area contributed by atoms with Gasteiger partial charge in [0.05, 0.1) is 29.5 Å². The van der Waals surface area contributed by atoms with Crippen molar-refractivity contribution in [1.82, 2.24) is 45.2 Å². The summed E-state index contributed by atoms with van der Waals surface area (Å²) in [7, 11) is 6.51. The highest BCUT2D eigenvalue weighted by Crippen LogP contribution is 2.36. The maximum absolute atomic E-state index is 12.8. The zero-order valence-corrected chi connectivity index (χ0v) is 45.3. The third kappa shape index (κ3) is 18.2. The number of hydrogen-bond acceptors (Lipinski definition) is 9. The lowest BCUT2D eigenvalue weighted by Gasteiger charge is -2.39. The molecule has 9 rings (SSSR count). The molecule has 3 aliphatic rings. The summed E-state index contributed by atoms with van der Waals surface area (Å²) in [5, 5.41) is 8.99. The average Bonchev–Trinajstić information content (AvgIpc) is 3.40. The molecule has 3 aliphatic heterocycles. The molecule has 3 saturated heterocycles. The number of piperidine rings is 3. The smallest absolute Gasteiger partial charge is 0.225 e. The van der Waals surface area contributed by atoms with E-state index < -0.39 is 0 Å². The zero-order valence-electron chi connectivity index (χ0n) is 43.0. The van der Waals surface area contributed by atoms with Crippen molar-refractivity contribution in [3.63, 3.8) is 0 Å². The standard InChI is InChI=1S/C21H28ClN3.C19H22ClN3O.C19H24ClN3.FH.H2/c1-3-25(16-20-6-4-5-12-23-20)15-18-14-24(2)13-11-21(18)17-7-9-19(22)10-8-17;1-23-11-9-17(14-5-7-15(20)8-6-14)18(13-23)19(24)22-12-16-4-2-3-10-21-16;1-23-11-9-19(15-5-7-17(20)8-6-15)16(14-23)12-21-13-18-4-2-3-10-22-18;;/h4-10,12,18,21H,3,11,13-16H2,1-2H3;2-8,10,17-18H,9,11-13H2,1H3,(H,22,24);2-8,10,16,19,21H,9,11-14H2,1H3;2*1H/t18-,21?;17?,18-;16-,19?;;/m011../s1/i;;;;1+2. The highest BCUT2D eigenvalue weighted by atomic mass is 35.5. The molecule has 73 heavy (non-hydrogen) atoms. The van der Waals surface area contributed by atoms with Gasteiger partial charge in [-0.05, 0) is 186 Å². The van der Waals surface area contributed by atoms with E-state index in [-0.39, 0.29) is 23.9 Å². The molecule has 3 aromatic carbocycles. The van der Waals surface area contributed by atoms with E-state index in [1.54, 1.807) is 6.20 Å². The number of benzene rings is 3. The van der Waals surface area contributed by atoms with Gasteiger partial charge in [0.25, 0.3) is 0 Å². The average molecular weight is 1060 g/mol. The maximum Gasteiger partial charge on any atom is 0.225 e. The van der Waals surface area contributed by atoms with Crippen LogP contribution in [0.1, 0.15) is 79.1 Å². The van der Waals surface area contributed by atoms with Crippen molar-refractivity contribution in [1.29, 1.82) is 0 Å². The Labute approximate surface area is 450 Å². The molecule has 0 spiro atoms. The highest BCUT2D eigenvalue weighted by molar-refractivity contribution is 6.31. The molecule has 6 atom stereocenters. The molecule has 3 unspecified atom stereocenters. The molecule has 3 fully saturated rings. The fourth-order valence-corrected chi connectivity index (χ4v) is 11.0. The van der Waals surface area contributed by atoms with Crippen LogP contribution in [0.2, 0.25) is 15.1 Å². The number of aromatic nitrogens is 3. The van der Waals surface area contributed by atoms with E-state index in [0.29, 0.717) is 30.2 Å². The molecule has 10 nitrogen and oxygen atoms in total. The van der Waals surface area contributed by atoms with Crippen molar-refractivity contribution in [2.75, 3.05) is 80.0 Å². The van der Waals surface area contributed by atoms with Crippen LogP contribution in [0.4, 0.5) is 4.70 Å². The summed E-state index contributed by atoms with van der Waals surface area (Å²) in [5.74, 6) is 2.69. The van der Waals surface area contributed by atoms with Gasteiger partial charge in [0, 0.05) is 80.9 Å². The van der Waals surface area contributed by atoms with Crippen molar-refractivity contribution in [2.24, 2.45) is 17.8 Å². The van der Waals surface area contributed by atoms with Gasteiger partial charge in [0.15, 0.2) is 0 Å². The largest absolute Gasteiger partial charge is 0.350 e. The lowest BCUT2D eigenvalue weighted by Crippen LogP contribution is -2.45. The van der Waals surface area contributed by atoms with E-state index >= 15 is 0 Å². The number of hydrogen-bond donors (Lipinski definition) is 2. The number of carbonyl (C=O) groups excluding carboxylic acids is 1. The summed E-state index contributed by atoms with van der Waals surface area (Å²) in [6.45, 7) is 14.0. The number of nitrogens with zero attached hydrogens (tertiary/aromatic N) is 7. The van der Waals surface area contributed by atoms with E-state index in [9.17, 15) is 4.79 Å². The van der Waals surface area contributed by atoms with Gasteiger partial charge in [-0.2, -0.15) is 0 Å². The first kappa shape index (κ1) is 57.5. The fraction of sp³-hybridized carbons (Fsp3) is 0.424. The van der Waals surface area contributed by atoms with Crippen LogP contribution < -0.4 is 10.6 Å². The van der Waals surface area contributed by atoms with Crippen LogP contribution in [0.3, 0.4) is 0 Å². The minimum absolute atomic E-state index is 0. The van der Waals surface area contributed by atoms with E-state index in [4.69, 9.17) is 34.8 Å². The Hall–Kier alpha value is -4.82. The predicted molar refractivity (Wildman–Crippen MR) is 301 cm³/mol. The van der Waals surface area contributed by atoms with Crippen LogP contribution in [0.25, 0.3) is 0 Å². The van der Waals surface area contributed by atoms with Crippen molar-refractivity contribution >= 4 is 40.7 Å². The Kier molecular flexibility index (Phi) is 23.5. The molecule has 14 heteroatoms. The van der Waals surface area contributed by atoms with Gasteiger partial charge >= 0.3 is 0 Å². The summed E-state index contributed by atoms with van der Waals surface area (Å²) in [5.41, 5.74) is 7.14. The summed E-state index contributed by atoms with van der Waals surface area (Å²) in [4.78, 5) is 35.5. The normalized spacial score (nSPS) is 21.4. The second-order valence-corrected chi connectivity index (χ2v) is 21.2. The SMILES string of the molecule is CCN(Cc1ccccn1)C[C@@H]1CN(C)CCC1c1ccc(Cl)cc1.CN1CCC(c2ccc(Cl)cc2)[C@H](C(=O)NCc2ccccn2)C1.CN1CCC(c2ccc(Cl)cc2)[C@H](CNCc2ccccn2)C1.F.[3HH]. The van der Waals surface area contributed by atoms with Crippen LogP contribution in [-0.4, -0.2) is 121 Å². The molecule has 6 heterocycles. The minimum atomic E-state index is -0.0614. The number of pyridine rings is 3. The molecule has 0 radical (unpaired) electrons. The summed E-state index contributed by atoms with van der Waals surface area (Å²) >= 11 is 18.1. The van der Waals surface area contributed by atoms with Gasteiger partial charge < -0.3 is 25.3 Å². The Bertz CT molecular complexity index is 2490. The third-order valence-electron chi connectivity index (χ3n) is 14.6. The second kappa shape index (κ2) is 29.9. The summed E-state index contributed by atoms with van der Waals surface area (Å²) in [6.07, 6.45) is 8.86. The van der Waals surface area contributed by atoms with Gasteiger partial charge in [0.2, 0.25) is 5.91 Å². The minimum Gasteiger partial charge on any atom is -0.350 e. The number of carbonyl (C=O) groups is 1. The Balaban J connectivity index is 0.000000203. The lowest BCUT2D eigenvalue weighted by atomic mass is 9.80. The molecular formula is C59H77Cl3FN9O. The first-order valence-electron chi connectivity index (χ1n) is 25.7. The van der Waals surface area contributed by atoms with Crippen LogP contribution >= 0.6 is 34.8 Å². The molecule has 0 bridgehead atoms. The van der Waals surface area contributed by atoms with Crippen molar-refractivity contribution < 1.29 is 10.9 Å². The molecule has 2 N–H and O–H groups in total. The number of likely N-dealkylation sites (tertiary alicyclic amines) is 3. The molecule has 6 aromatic rings. The molecule has 0 aliphatic carbocycles. The van der Waals surface area contributed by atoms with Crippen molar-refractivity contribution in [3.8, 4) is 0 Å². The third-order valence-corrected chi connectivity index (χ3v) is 15.3. The van der Waals surface area contributed by atoms with Gasteiger partial charge in [-0.1, -0.05) is 96.3 Å². The highest BCUT2D eigenvalue weighted by Gasteiger charge is 2.34. The number of amides is 1. The molecular weight excluding hydrogens is 976 g/mol. The van der Waals surface area contributed by atoms with E-state index in [2.05, 4.69) is 116 Å². The van der Waals surface area contributed by atoms with E-state index in [1.807, 2.05) is 97.3 Å². The Morgan fingerprint density at radius 3 is 1.48 bits per heavy atom. The Morgan fingerprint density at radius 1 is 0.575 bits per heavy atom. The van der Waals surface area contributed by atoms with E-state index in [0.717, 1.165) is 111 Å². The number of halogens is 4. The van der Waals surface area contributed by atoms with E-state index in [1.165, 1.54) is 29.5 Å². The quantitative estimate of drug-likeness (QED) is 0.104. The topological polar surface area (TPSA) is 92.8 Å². The lowest BCUT2D eigenvalue weighted by molar-refractivity contribution is -0.127. The second-order valence-electron chi connectivity index (χ2n) is 19.9. The van der Waals surface area contributed by atoms with Gasteiger partial charge in [-0.3, -0.25) is 29.4 Å². The first-order valence-corrected chi connectivity index (χ1v) is 26.9. The van der Waals surface area contributed by atoms with Crippen LogP contribution in [0.5, 0.6) is 0 Å². The van der Waals surface area contributed by atoms with Crippen LogP contribution in [0, 0.1) is 17.8 Å². The Morgan fingerprint density at radius 2 is 1.00 bits per heavy atom. The summed E-state index contributed by atoms with van der Waals surface area (Å²) in [6, 6.07) is 42.7. The molecule has 1 amide bonds. The predicted octanol–water partition coefficient (Wildman–Crippen LogP) is 11.3. The fourth-order valence-electron chi connectivity index (χ4n) is 10.7. The molecule has 0 saturated carbocycles. The van der Waals surface area contributed by atoms with Crippen molar-refractivity contribution in [2.45, 2.75) is 63.6 Å². The molecule has 392 valence electrons. The van der Waals surface area contributed by atoms with Gasteiger partial charge in [-0.15, -0.1) is 0 Å². The number of rotatable bonds is 15. The van der Waals surface area contributed by atoms with Crippen LogP contribution in [0.15, 0.2) is 146 Å². The number of nitrogens with one attached hydrogen (secondary N) is 2.